The fourth-order valence-corrected chi connectivity index (χ4v) is 3.91. The largest absolute Gasteiger partial charge is 0.396 e. The highest BCUT2D eigenvalue weighted by molar-refractivity contribution is 7.13. The Kier molecular flexibility index (Phi) is 4.18. The van der Waals surface area contributed by atoms with Crippen LogP contribution < -0.4 is 5.32 Å². The van der Waals surface area contributed by atoms with Gasteiger partial charge >= 0.3 is 0 Å². The molecule has 0 spiro atoms. The molecule has 2 heterocycles. The Morgan fingerprint density at radius 1 is 1.32 bits per heavy atom. The highest BCUT2D eigenvalue weighted by Gasteiger charge is 2.22. The molecule has 2 aromatic heterocycles. The molecule has 0 saturated heterocycles. The number of amides is 1. The third kappa shape index (κ3) is 2.74. The summed E-state index contributed by atoms with van der Waals surface area (Å²) in [6, 6.07) is 5.99. The summed E-state index contributed by atoms with van der Waals surface area (Å²) in [6.07, 6.45) is 4.71. The molecule has 0 unspecified atom stereocenters. The van der Waals surface area contributed by atoms with Crippen LogP contribution in [0.1, 0.15) is 28.2 Å². The van der Waals surface area contributed by atoms with Crippen LogP contribution in [0.5, 0.6) is 0 Å². The van der Waals surface area contributed by atoms with Gasteiger partial charge in [0.15, 0.2) is 0 Å². The van der Waals surface area contributed by atoms with Crippen LogP contribution in [0.2, 0.25) is 0 Å². The van der Waals surface area contributed by atoms with Crippen molar-refractivity contribution in [2.75, 3.05) is 6.61 Å². The van der Waals surface area contributed by atoms with Gasteiger partial charge in [-0.05, 0) is 43.8 Å². The molecular weight excluding hydrogens is 296 g/mol. The molecule has 4 nitrogen and oxygen atoms in total. The van der Waals surface area contributed by atoms with E-state index >= 15 is 0 Å². The normalized spacial score (nSPS) is 20.5. The first-order valence-electron chi connectivity index (χ1n) is 7.43. The van der Waals surface area contributed by atoms with Gasteiger partial charge < -0.3 is 15.0 Å². The SMILES string of the molecule is Cc1ccc(C)n1-c1sccc1C(=O)N[C@@H]1C=C[C@H](CO)C1. The number of hydrogen-bond acceptors (Lipinski definition) is 3. The molecule has 22 heavy (non-hydrogen) atoms. The zero-order valence-corrected chi connectivity index (χ0v) is 13.6. The fraction of sp³-hybridized carbons (Fsp3) is 0.353. The van der Waals surface area contributed by atoms with Crippen LogP contribution in [-0.2, 0) is 0 Å². The topological polar surface area (TPSA) is 54.3 Å². The van der Waals surface area contributed by atoms with E-state index in [4.69, 9.17) is 5.11 Å². The molecule has 0 aliphatic heterocycles. The third-order valence-electron chi connectivity index (χ3n) is 4.09. The summed E-state index contributed by atoms with van der Waals surface area (Å²) in [7, 11) is 0. The molecule has 2 atom stereocenters. The predicted octanol–water partition coefficient (Wildman–Crippen LogP) is 2.82. The van der Waals surface area contributed by atoms with Crippen molar-refractivity contribution in [3.63, 3.8) is 0 Å². The molecule has 0 radical (unpaired) electrons. The van der Waals surface area contributed by atoms with E-state index in [-0.39, 0.29) is 24.5 Å². The molecule has 0 saturated carbocycles. The Bertz CT molecular complexity index is 695. The zero-order chi connectivity index (χ0) is 15.7. The van der Waals surface area contributed by atoms with E-state index in [1.165, 1.54) is 0 Å². The summed E-state index contributed by atoms with van der Waals surface area (Å²) >= 11 is 1.57. The van der Waals surface area contributed by atoms with Crippen LogP contribution in [0.3, 0.4) is 0 Å². The minimum Gasteiger partial charge on any atom is -0.396 e. The molecular formula is C17H20N2O2S. The number of carbonyl (C=O) groups excluding carboxylic acids is 1. The highest BCUT2D eigenvalue weighted by atomic mass is 32.1. The van der Waals surface area contributed by atoms with E-state index in [0.29, 0.717) is 5.56 Å². The molecule has 2 aromatic rings. The van der Waals surface area contributed by atoms with Crippen molar-refractivity contribution in [3.05, 3.63) is 52.7 Å². The first kappa shape index (κ1) is 15.1. The van der Waals surface area contributed by atoms with Crippen LogP contribution in [0.15, 0.2) is 35.7 Å². The number of nitrogens with one attached hydrogen (secondary N) is 1. The second-order valence-corrected chi connectivity index (χ2v) is 6.63. The van der Waals surface area contributed by atoms with E-state index in [1.807, 2.05) is 37.4 Å². The number of carbonyl (C=O) groups is 1. The van der Waals surface area contributed by atoms with Gasteiger partial charge in [0.1, 0.15) is 5.00 Å². The molecule has 1 aliphatic carbocycles. The van der Waals surface area contributed by atoms with Gasteiger partial charge in [0, 0.05) is 30.0 Å². The number of aliphatic hydroxyl groups excluding tert-OH is 1. The van der Waals surface area contributed by atoms with Gasteiger partial charge in [0.25, 0.3) is 5.91 Å². The van der Waals surface area contributed by atoms with Crippen molar-refractivity contribution in [1.82, 2.24) is 9.88 Å². The van der Waals surface area contributed by atoms with Crippen molar-refractivity contribution in [2.45, 2.75) is 26.3 Å². The van der Waals surface area contributed by atoms with Crippen LogP contribution in [0, 0.1) is 19.8 Å². The number of nitrogens with zero attached hydrogens (tertiary/aromatic N) is 1. The zero-order valence-electron chi connectivity index (χ0n) is 12.7. The van der Waals surface area contributed by atoms with E-state index in [2.05, 4.69) is 22.0 Å². The van der Waals surface area contributed by atoms with Gasteiger partial charge in [-0.2, -0.15) is 0 Å². The lowest BCUT2D eigenvalue weighted by Gasteiger charge is -2.14. The van der Waals surface area contributed by atoms with Gasteiger partial charge in [0.05, 0.1) is 5.56 Å². The van der Waals surface area contributed by atoms with E-state index in [9.17, 15) is 4.79 Å². The fourth-order valence-electron chi connectivity index (χ4n) is 2.90. The Labute approximate surface area is 134 Å². The third-order valence-corrected chi connectivity index (χ3v) is 4.98. The summed E-state index contributed by atoms with van der Waals surface area (Å²) in [4.78, 5) is 12.6. The molecule has 2 N–H and O–H groups in total. The monoisotopic (exact) mass is 316 g/mol. The lowest BCUT2D eigenvalue weighted by molar-refractivity contribution is 0.0941. The Morgan fingerprint density at radius 3 is 2.68 bits per heavy atom. The van der Waals surface area contributed by atoms with Gasteiger partial charge in [-0.15, -0.1) is 11.3 Å². The quantitative estimate of drug-likeness (QED) is 0.852. The summed E-state index contributed by atoms with van der Waals surface area (Å²) < 4.78 is 2.11. The second-order valence-electron chi connectivity index (χ2n) is 5.73. The van der Waals surface area contributed by atoms with Crippen molar-refractivity contribution < 1.29 is 9.90 Å². The molecule has 1 amide bonds. The molecule has 3 rings (SSSR count). The summed E-state index contributed by atoms with van der Waals surface area (Å²) in [5.41, 5.74) is 2.94. The maximum absolute atomic E-state index is 12.6. The maximum atomic E-state index is 12.6. The second kappa shape index (κ2) is 6.10. The van der Waals surface area contributed by atoms with Gasteiger partial charge in [-0.3, -0.25) is 4.79 Å². The summed E-state index contributed by atoms with van der Waals surface area (Å²) in [6.45, 7) is 4.22. The van der Waals surface area contributed by atoms with Crippen molar-refractivity contribution >= 4 is 17.2 Å². The smallest absolute Gasteiger partial charge is 0.254 e. The van der Waals surface area contributed by atoms with E-state index in [1.54, 1.807) is 11.3 Å². The summed E-state index contributed by atoms with van der Waals surface area (Å²) in [5.74, 6) is 0.0955. The summed E-state index contributed by atoms with van der Waals surface area (Å²) in [5, 5.41) is 15.1. The van der Waals surface area contributed by atoms with Gasteiger partial charge in [-0.25, -0.2) is 0 Å². The molecule has 0 aromatic carbocycles. The molecule has 0 bridgehead atoms. The average molecular weight is 316 g/mol. The van der Waals surface area contributed by atoms with Crippen molar-refractivity contribution in [1.29, 1.82) is 0 Å². The molecule has 1 aliphatic rings. The standard InChI is InChI=1S/C17H20N2O2S/c1-11-3-4-12(2)19(11)17-15(7-8-22-17)16(21)18-14-6-5-13(9-14)10-20/h3-8,13-14,20H,9-10H2,1-2H3,(H,18,21)/t13-,14+/m0/s1. The van der Waals surface area contributed by atoms with Gasteiger partial charge in [0.2, 0.25) is 0 Å². The van der Waals surface area contributed by atoms with Crippen molar-refractivity contribution in [2.24, 2.45) is 5.92 Å². The minimum atomic E-state index is -0.0583. The number of aryl methyl sites for hydroxylation is 2. The molecule has 0 fully saturated rings. The number of rotatable bonds is 4. The first-order chi connectivity index (χ1) is 10.6. The predicted molar refractivity (Wildman–Crippen MR) is 88.7 cm³/mol. The molecule has 5 heteroatoms. The Balaban J connectivity index is 1.81. The number of aliphatic hydroxyl groups is 1. The van der Waals surface area contributed by atoms with Gasteiger partial charge in [-0.1, -0.05) is 12.2 Å². The number of aromatic nitrogens is 1. The van der Waals surface area contributed by atoms with Crippen LogP contribution in [0.4, 0.5) is 0 Å². The first-order valence-corrected chi connectivity index (χ1v) is 8.31. The highest BCUT2D eigenvalue weighted by Crippen LogP contribution is 2.26. The maximum Gasteiger partial charge on any atom is 0.254 e. The number of thiophene rings is 1. The molecule has 116 valence electrons. The lowest BCUT2D eigenvalue weighted by atomic mass is 10.1. The van der Waals surface area contributed by atoms with Crippen LogP contribution >= 0.6 is 11.3 Å². The van der Waals surface area contributed by atoms with E-state index in [0.717, 1.165) is 22.8 Å². The minimum absolute atomic E-state index is 0.00394. The number of hydrogen-bond donors (Lipinski definition) is 2. The Hall–Kier alpha value is -1.85. The Morgan fingerprint density at radius 2 is 2.05 bits per heavy atom. The van der Waals surface area contributed by atoms with Crippen LogP contribution in [0.25, 0.3) is 5.00 Å². The average Bonchev–Trinajstić information content (AvgIpc) is 3.19. The van der Waals surface area contributed by atoms with E-state index < -0.39 is 0 Å². The van der Waals surface area contributed by atoms with Crippen LogP contribution in [-0.4, -0.2) is 28.2 Å². The van der Waals surface area contributed by atoms with Crippen molar-refractivity contribution in [3.8, 4) is 5.00 Å². The lowest BCUT2D eigenvalue weighted by Crippen LogP contribution is -2.33.